The number of hydrogen-bond acceptors (Lipinski definition) is 2. The molecule has 2 aromatic carbocycles. The lowest BCUT2D eigenvalue weighted by molar-refractivity contribution is 0.0640. The number of aliphatic hydroxyl groups is 1. The van der Waals surface area contributed by atoms with Crippen LogP contribution in [0.4, 0.5) is 0 Å². The van der Waals surface area contributed by atoms with Gasteiger partial charge in [0.25, 0.3) is 5.91 Å². The van der Waals surface area contributed by atoms with E-state index in [1.807, 2.05) is 69.0 Å². The van der Waals surface area contributed by atoms with E-state index in [0.717, 1.165) is 10.8 Å². The smallest absolute Gasteiger partial charge is 0.255 e. The van der Waals surface area contributed by atoms with E-state index < -0.39 is 6.10 Å². The third-order valence-corrected chi connectivity index (χ3v) is 3.97. The number of carbonyl (C=O) groups is 1. The van der Waals surface area contributed by atoms with Crippen molar-refractivity contribution < 1.29 is 9.90 Å². The predicted octanol–water partition coefficient (Wildman–Crippen LogP) is 4.15. The van der Waals surface area contributed by atoms with E-state index in [-0.39, 0.29) is 18.0 Å². The molecule has 0 fully saturated rings. The molecule has 1 amide bonds. The van der Waals surface area contributed by atoms with E-state index in [0.29, 0.717) is 11.1 Å². The number of hydrogen-bond donors (Lipinski definition) is 1. The van der Waals surface area contributed by atoms with Gasteiger partial charge in [0.2, 0.25) is 0 Å². The highest BCUT2D eigenvalue weighted by atomic mass is 16.3. The predicted molar refractivity (Wildman–Crippen MR) is 91.0 cm³/mol. The van der Waals surface area contributed by atoms with E-state index in [2.05, 4.69) is 0 Å². The normalized spacial score (nSPS) is 12.9. The first-order chi connectivity index (χ1) is 10.3. The van der Waals surface area contributed by atoms with Crippen molar-refractivity contribution in [3.63, 3.8) is 0 Å². The molecule has 3 heteroatoms. The van der Waals surface area contributed by atoms with Crippen LogP contribution < -0.4 is 0 Å². The summed E-state index contributed by atoms with van der Waals surface area (Å²) < 4.78 is 0. The number of carbonyl (C=O) groups excluding carboxylic acids is 1. The van der Waals surface area contributed by atoms with Gasteiger partial charge in [-0.05, 0) is 51.0 Å². The summed E-state index contributed by atoms with van der Waals surface area (Å²) in [6.07, 6.45) is -0.676. The van der Waals surface area contributed by atoms with Gasteiger partial charge in [0, 0.05) is 12.1 Å². The Morgan fingerprint density at radius 2 is 1.55 bits per heavy atom. The van der Waals surface area contributed by atoms with E-state index >= 15 is 0 Å². The second kappa shape index (κ2) is 6.49. The first kappa shape index (κ1) is 16.5. The van der Waals surface area contributed by atoms with Gasteiger partial charge in [-0.25, -0.2) is 0 Å². The number of fused-ring (bicyclic) bond motifs is 1. The van der Waals surface area contributed by atoms with E-state index in [9.17, 15) is 9.90 Å². The van der Waals surface area contributed by atoms with Crippen LogP contribution in [0.2, 0.25) is 0 Å². The molecule has 0 aliphatic rings. The summed E-state index contributed by atoms with van der Waals surface area (Å²) in [5.74, 6) is -0.0160. The minimum atomic E-state index is -0.676. The molecule has 0 aliphatic carbocycles. The third kappa shape index (κ3) is 3.00. The highest BCUT2D eigenvalue weighted by Gasteiger charge is 2.26. The molecule has 0 spiro atoms. The van der Waals surface area contributed by atoms with E-state index in [4.69, 9.17) is 0 Å². The van der Waals surface area contributed by atoms with Gasteiger partial charge in [-0.3, -0.25) is 4.79 Å². The molecule has 0 aromatic heterocycles. The van der Waals surface area contributed by atoms with Crippen LogP contribution >= 0.6 is 0 Å². The van der Waals surface area contributed by atoms with Crippen molar-refractivity contribution in [2.45, 2.75) is 52.8 Å². The Balaban J connectivity index is 2.70. The molecule has 0 saturated heterocycles. The maximum Gasteiger partial charge on any atom is 0.255 e. The van der Waals surface area contributed by atoms with Gasteiger partial charge in [0.15, 0.2) is 0 Å². The molecular formula is C19H25NO2. The Morgan fingerprint density at radius 3 is 2.09 bits per heavy atom. The van der Waals surface area contributed by atoms with Crippen LogP contribution in [-0.4, -0.2) is 28.0 Å². The number of aliphatic hydroxyl groups excluding tert-OH is 1. The van der Waals surface area contributed by atoms with Gasteiger partial charge in [-0.2, -0.15) is 0 Å². The summed E-state index contributed by atoms with van der Waals surface area (Å²) in [5, 5.41) is 12.0. The molecule has 0 radical (unpaired) electrons. The molecule has 1 atom stereocenters. The fourth-order valence-electron chi connectivity index (χ4n) is 3.07. The fourth-order valence-corrected chi connectivity index (χ4v) is 3.07. The molecule has 2 aromatic rings. The lowest BCUT2D eigenvalue weighted by Crippen LogP contribution is -2.42. The van der Waals surface area contributed by atoms with Gasteiger partial charge in [0.1, 0.15) is 0 Å². The summed E-state index contributed by atoms with van der Waals surface area (Å²) in [6.45, 7) is 9.78. The lowest BCUT2D eigenvalue weighted by Gasteiger charge is -2.32. The molecule has 0 heterocycles. The highest BCUT2D eigenvalue weighted by molar-refractivity contribution is 6.08. The van der Waals surface area contributed by atoms with Crippen molar-refractivity contribution in [3.8, 4) is 0 Å². The Labute approximate surface area is 132 Å². The van der Waals surface area contributed by atoms with Crippen LogP contribution in [0, 0.1) is 0 Å². The highest BCUT2D eigenvalue weighted by Crippen LogP contribution is 2.29. The van der Waals surface area contributed by atoms with Crippen molar-refractivity contribution in [3.05, 3.63) is 47.5 Å². The third-order valence-electron chi connectivity index (χ3n) is 3.97. The van der Waals surface area contributed by atoms with E-state index in [1.165, 1.54) is 0 Å². The van der Waals surface area contributed by atoms with Gasteiger partial charge in [0.05, 0.1) is 11.7 Å². The summed E-state index contributed by atoms with van der Waals surface area (Å²) in [5.41, 5.74) is 1.31. The quantitative estimate of drug-likeness (QED) is 0.921. The Hall–Kier alpha value is -1.87. The molecule has 0 saturated carbocycles. The monoisotopic (exact) mass is 299 g/mol. The topological polar surface area (TPSA) is 40.5 Å². The van der Waals surface area contributed by atoms with Crippen molar-refractivity contribution >= 4 is 16.7 Å². The molecule has 2 rings (SSSR count). The van der Waals surface area contributed by atoms with Crippen LogP contribution in [0.1, 0.15) is 56.6 Å². The van der Waals surface area contributed by atoms with Crippen LogP contribution in [0.5, 0.6) is 0 Å². The maximum atomic E-state index is 13.2. The summed E-state index contributed by atoms with van der Waals surface area (Å²) in [6, 6.07) is 11.9. The van der Waals surface area contributed by atoms with Crippen LogP contribution in [-0.2, 0) is 0 Å². The molecular weight excluding hydrogens is 274 g/mol. The fraction of sp³-hybridized carbons (Fsp3) is 0.421. The largest absolute Gasteiger partial charge is 0.389 e. The van der Waals surface area contributed by atoms with Gasteiger partial charge < -0.3 is 10.0 Å². The first-order valence-corrected chi connectivity index (χ1v) is 7.87. The zero-order valence-corrected chi connectivity index (χ0v) is 14.0. The average molecular weight is 299 g/mol. The molecule has 0 bridgehead atoms. The van der Waals surface area contributed by atoms with Gasteiger partial charge >= 0.3 is 0 Å². The van der Waals surface area contributed by atoms with Crippen molar-refractivity contribution in [1.29, 1.82) is 0 Å². The van der Waals surface area contributed by atoms with Crippen molar-refractivity contribution in [2.75, 3.05) is 0 Å². The zero-order chi connectivity index (χ0) is 16.4. The second-order valence-corrected chi connectivity index (χ2v) is 6.33. The van der Waals surface area contributed by atoms with Gasteiger partial charge in [-0.1, -0.05) is 36.4 Å². The number of amides is 1. The minimum Gasteiger partial charge on any atom is -0.389 e. The van der Waals surface area contributed by atoms with Crippen LogP contribution in [0.15, 0.2) is 36.4 Å². The maximum absolute atomic E-state index is 13.2. The summed E-state index contributed by atoms with van der Waals surface area (Å²) in [7, 11) is 0. The second-order valence-electron chi connectivity index (χ2n) is 6.33. The SMILES string of the molecule is CC(C)N(C(=O)c1c([C@H](C)O)ccc2ccccc12)C(C)C. The molecule has 118 valence electrons. The molecule has 22 heavy (non-hydrogen) atoms. The van der Waals surface area contributed by atoms with Crippen LogP contribution in [0.25, 0.3) is 10.8 Å². The Bertz CT molecular complexity index is 666. The average Bonchev–Trinajstić information content (AvgIpc) is 2.44. The Kier molecular flexibility index (Phi) is 4.87. The molecule has 3 nitrogen and oxygen atoms in total. The number of benzene rings is 2. The van der Waals surface area contributed by atoms with Crippen molar-refractivity contribution in [2.24, 2.45) is 0 Å². The molecule has 0 unspecified atom stereocenters. The lowest BCUT2D eigenvalue weighted by atomic mass is 9.94. The van der Waals surface area contributed by atoms with Gasteiger partial charge in [-0.15, -0.1) is 0 Å². The van der Waals surface area contributed by atoms with Crippen molar-refractivity contribution in [1.82, 2.24) is 4.90 Å². The zero-order valence-electron chi connectivity index (χ0n) is 14.0. The minimum absolute atomic E-state index is 0.0160. The first-order valence-electron chi connectivity index (χ1n) is 7.87. The number of nitrogens with zero attached hydrogens (tertiary/aromatic N) is 1. The van der Waals surface area contributed by atoms with Crippen LogP contribution in [0.3, 0.4) is 0 Å². The molecule has 1 N–H and O–H groups in total. The Morgan fingerprint density at radius 1 is 0.955 bits per heavy atom. The standard InChI is InChI=1S/C19H25NO2/c1-12(2)20(13(3)4)19(22)18-16(14(5)21)11-10-15-8-6-7-9-17(15)18/h6-14,21H,1-5H3/t14-/m0/s1. The molecule has 0 aliphatic heterocycles. The summed E-state index contributed by atoms with van der Waals surface area (Å²) >= 11 is 0. The number of rotatable bonds is 4. The summed E-state index contributed by atoms with van der Waals surface area (Å²) in [4.78, 5) is 15.1. The van der Waals surface area contributed by atoms with E-state index in [1.54, 1.807) is 6.92 Å².